The van der Waals surface area contributed by atoms with Gasteiger partial charge in [-0.2, -0.15) is 13.2 Å². The number of hydrogen-bond acceptors (Lipinski definition) is 5. The van der Waals surface area contributed by atoms with Gasteiger partial charge in [0.05, 0.1) is 16.0 Å². The van der Waals surface area contributed by atoms with Gasteiger partial charge in [-0.1, -0.05) is 18.2 Å². The summed E-state index contributed by atoms with van der Waals surface area (Å²) in [7, 11) is 0. The highest BCUT2D eigenvalue weighted by Crippen LogP contribution is 2.32. The Morgan fingerprint density at radius 2 is 1.79 bits per heavy atom. The smallest absolute Gasteiger partial charge is 0.417 e. The number of amides is 2. The van der Waals surface area contributed by atoms with E-state index in [2.05, 4.69) is 4.74 Å². The summed E-state index contributed by atoms with van der Waals surface area (Å²) in [6.07, 6.45) is -4.73. The predicted octanol–water partition coefficient (Wildman–Crippen LogP) is 2.88. The van der Waals surface area contributed by atoms with Crippen LogP contribution in [0.2, 0.25) is 0 Å². The number of hydrogen-bond donors (Lipinski definition) is 1. The van der Waals surface area contributed by atoms with Gasteiger partial charge in [-0.15, -0.1) is 11.3 Å². The Bertz CT molecular complexity index is 756. The van der Waals surface area contributed by atoms with Crippen LogP contribution in [0.4, 0.5) is 13.2 Å². The molecule has 0 aliphatic carbocycles. The van der Waals surface area contributed by atoms with E-state index in [1.165, 1.54) is 12.1 Å². The molecule has 0 bridgehead atoms. The SMILES string of the molecule is O=C(COC(=O)c1ccccc1C(F)(F)F)NC(=O)c1cccs1. The van der Waals surface area contributed by atoms with E-state index in [1.54, 1.807) is 11.4 Å². The maximum atomic E-state index is 12.8. The summed E-state index contributed by atoms with van der Waals surface area (Å²) in [5.41, 5.74) is -1.87. The molecule has 0 aliphatic rings. The molecule has 1 aromatic carbocycles. The van der Waals surface area contributed by atoms with Crippen LogP contribution in [-0.2, 0) is 15.7 Å². The Morgan fingerprint density at radius 3 is 2.42 bits per heavy atom. The fourth-order valence-corrected chi connectivity index (χ4v) is 2.37. The third-order valence-corrected chi connectivity index (χ3v) is 3.65. The molecule has 2 amide bonds. The van der Waals surface area contributed by atoms with Gasteiger partial charge in [-0.25, -0.2) is 4.79 Å². The molecule has 9 heteroatoms. The molecule has 0 spiro atoms. The summed E-state index contributed by atoms with van der Waals surface area (Å²) in [5.74, 6) is -2.92. The van der Waals surface area contributed by atoms with Crippen molar-refractivity contribution >= 4 is 29.1 Å². The van der Waals surface area contributed by atoms with Gasteiger partial charge in [-0.3, -0.25) is 14.9 Å². The van der Waals surface area contributed by atoms with Gasteiger partial charge in [-0.05, 0) is 23.6 Å². The Morgan fingerprint density at radius 1 is 1.08 bits per heavy atom. The fourth-order valence-electron chi connectivity index (χ4n) is 1.75. The Kier molecular flexibility index (Phi) is 5.35. The third kappa shape index (κ3) is 4.42. The van der Waals surface area contributed by atoms with Crippen molar-refractivity contribution in [3.05, 3.63) is 57.8 Å². The first-order valence-electron chi connectivity index (χ1n) is 6.50. The minimum absolute atomic E-state index is 0.275. The molecule has 2 aromatic rings. The molecule has 0 aliphatic heterocycles. The van der Waals surface area contributed by atoms with Crippen LogP contribution in [0, 0.1) is 0 Å². The predicted molar refractivity (Wildman–Crippen MR) is 78.5 cm³/mol. The standard InChI is InChI=1S/C15H10F3NO4S/c16-15(17,18)10-5-2-1-4-9(10)14(22)23-8-12(20)19-13(21)11-6-3-7-24-11/h1-7H,8H2,(H,19,20,21). The number of carbonyl (C=O) groups is 3. The van der Waals surface area contributed by atoms with Crippen LogP contribution in [0.1, 0.15) is 25.6 Å². The number of esters is 1. The summed E-state index contributed by atoms with van der Waals surface area (Å²) in [5, 5.41) is 3.60. The topological polar surface area (TPSA) is 72.5 Å². The average Bonchev–Trinajstić information content (AvgIpc) is 3.06. The van der Waals surface area contributed by atoms with E-state index >= 15 is 0 Å². The van der Waals surface area contributed by atoms with Gasteiger partial charge in [0.2, 0.25) is 0 Å². The maximum absolute atomic E-state index is 12.8. The molecule has 5 nitrogen and oxygen atoms in total. The molecule has 1 aromatic heterocycles. The Balaban J connectivity index is 1.96. The third-order valence-electron chi connectivity index (χ3n) is 2.78. The fraction of sp³-hybridized carbons (Fsp3) is 0.133. The zero-order valence-corrected chi connectivity index (χ0v) is 12.7. The van der Waals surface area contributed by atoms with Crippen LogP contribution in [0.15, 0.2) is 41.8 Å². The monoisotopic (exact) mass is 357 g/mol. The van der Waals surface area contributed by atoms with Gasteiger partial charge >= 0.3 is 12.1 Å². The second-order valence-electron chi connectivity index (χ2n) is 4.47. The number of carbonyl (C=O) groups excluding carboxylic acids is 3. The number of alkyl halides is 3. The van der Waals surface area contributed by atoms with E-state index in [4.69, 9.17) is 0 Å². The first-order chi connectivity index (χ1) is 11.3. The Labute approximate surface area is 138 Å². The molecule has 1 heterocycles. The highest BCUT2D eigenvalue weighted by atomic mass is 32.1. The van der Waals surface area contributed by atoms with Gasteiger partial charge in [0.25, 0.3) is 11.8 Å². The Hall–Kier alpha value is -2.68. The number of halogens is 3. The van der Waals surface area contributed by atoms with Crippen molar-refractivity contribution in [2.45, 2.75) is 6.18 Å². The van der Waals surface area contributed by atoms with Crippen molar-refractivity contribution in [3.8, 4) is 0 Å². The zero-order chi connectivity index (χ0) is 17.7. The normalized spacial score (nSPS) is 11.0. The van der Waals surface area contributed by atoms with Crippen molar-refractivity contribution in [2.24, 2.45) is 0 Å². The van der Waals surface area contributed by atoms with Gasteiger partial charge < -0.3 is 4.74 Å². The second-order valence-corrected chi connectivity index (χ2v) is 5.42. The second kappa shape index (κ2) is 7.26. The van der Waals surface area contributed by atoms with E-state index in [0.29, 0.717) is 0 Å². The summed E-state index contributed by atoms with van der Waals surface area (Å²) in [4.78, 5) is 35.2. The molecule has 0 saturated heterocycles. The first-order valence-corrected chi connectivity index (χ1v) is 7.38. The molecule has 0 atom stereocenters. The summed E-state index contributed by atoms with van der Waals surface area (Å²) < 4.78 is 43.0. The molecule has 2 rings (SSSR count). The number of ether oxygens (including phenoxy) is 1. The molecule has 0 saturated carbocycles. The molecule has 126 valence electrons. The van der Waals surface area contributed by atoms with E-state index in [-0.39, 0.29) is 4.88 Å². The van der Waals surface area contributed by atoms with Crippen LogP contribution in [0.3, 0.4) is 0 Å². The van der Waals surface area contributed by atoms with Crippen LogP contribution in [-0.4, -0.2) is 24.4 Å². The van der Waals surface area contributed by atoms with Gasteiger partial charge in [0, 0.05) is 0 Å². The molecule has 0 unspecified atom stereocenters. The van der Waals surface area contributed by atoms with E-state index in [9.17, 15) is 27.6 Å². The largest absolute Gasteiger partial charge is 0.452 e. The van der Waals surface area contributed by atoms with Crippen LogP contribution in [0.25, 0.3) is 0 Å². The molecule has 1 N–H and O–H groups in total. The van der Waals surface area contributed by atoms with Crippen LogP contribution >= 0.6 is 11.3 Å². The van der Waals surface area contributed by atoms with E-state index < -0.39 is 41.7 Å². The van der Waals surface area contributed by atoms with Crippen molar-refractivity contribution in [3.63, 3.8) is 0 Å². The summed E-state index contributed by atoms with van der Waals surface area (Å²) >= 11 is 1.10. The molecule has 0 fully saturated rings. The van der Waals surface area contributed by atoms with Gasteiger partial charge in [0.1, 0.15) is 0 Å². The number of benzene rings is 1. The minimum Gasteiger partial charge on any atom is -0.452 e. The molecule has 24 heavy (non-hydrogen) atoms. The lowest BCUT2D eigenvalue weighted by Gasteiger charge is -2.11. The van der Waals surface area contributed by atoms with Crippen LogP contribution in [0.5, 0.6) is 0 Å². The molecular formula is C15H10F3NO4S. The first kappa shape index (κ1) is 17.7. The summed E-state index contributed by atoms with van der Waals surface area (Å²) in [6, 6.07) is 7.14. The lowest BCUT2D eigenvalue weighted by molar-refractivity contribution is -0.138. The lowest BCUT2D eigenvalue weighted by Crippen LogP contribution is -2.33. The molecular weight excluding hydrogens is 347 g/mol. The van der Waals surface area contributed by atoms with Crippen molar-refractivity contribution in [1.82, 2.24) is 5.32 Å². The highest BCUT2D eigenvalue weighted by molar-refractivity contribution is 7.12. The van der Waals surface area contributed by atoms with E-state index in [1.807, 2.05) is 5.32 Å². The van der Waals surface area contributed by atoms with E-state index in [0.717, 1.165) is 29.5 Å². The average molecular weight is 357 g/mol. The number of rotatable bonds is 4. The minimum atomic E-state index is -4.73. The maximum Gasteiger partial charge on any atom is 0.417 e. The van der Waals surface area contributed by atoms with Crippen molar-refractivity contribution in [1.29, 1.82) is 0 Å². The van der Waals surface area contributed by atoms with Crippen molar-refractivity contribution < 1.29 is 32.3 Å². The lowest BCUT2D eigenvalue weighted by atomic mass is 10.1. The number of nitrogens with one attached hydrogen (secondary N) is 1. The molecule has 0 radical (unpaired) electrons. The number of imide groups is 1. The van der Waals surface area contributed by atoms with Gasteiger partial charge in [0.15, 0.2) is 6.61 Å². The quantitative estimate of drug-likeness (QED) is 0.854. The van der Waals surface area contributed by atoms with Crippen molar-refractivity contribution in [2.75, 3.05) is 6.61 Å². The summed E-state index contributed by atoms with van der Waals surface area (Å²) in [6.45, 7) is -0.873. The van der Waals surface area contributed by atoms with Crippen LogP contribution < -0.4 is 5.32 Å². The highest BCUT2D eigenvalue weighted by Gasteiger charge is 2.35. The number of thiophene rings is 1. The zero-order valence-electron chi connectivity index (χ0n) is 11.9.